The Kier molecular flexibility index (Phi) is 5.77. The highest BCUT2D eigenvalue weighted by Gasteiger charge is 2.46. The summed E-state index contributed by atoms with van der Waals surface area (Å²) in [5, 5.41) is 0. The number of carbonyl (C=O) groups excluding carboxylic acids is 4. The van der Waals surface area contributed by atoms with Crippen molar-refractivity contribution in [3.05, 3.63) is 82.5 Å². The Morgan fingerprint density at radius 2 is 0.974 bits per heavy atom. The van der Waals surface area contributed by atoms with Crippen LogP contribution in [0.2, 0.25) is 0 Å². The van der Waals surface area contributed by atoms with Crippen LogP contribution in [0.1, 0.15) is 25.7 Å². The smallest absolute Gasteiger partial charge is 0.268 e. The second-order valence-electron chi connectivity index (χ2n) is 8.69. The number of aromatic nitrogens is 4. The van der Waals surface area contributed by atoms with E-state index in [-0.39, 0.29) is 47.0 Å². The summed E-state index contributed by atoms with van der Waals surface area (Å²) >= 11 is 11.2. The molecule has 0 spiro atoms. The van der Waals surface area contributed by atoms with Crippen LogP contribution in [0.25, 0.3) is 0 Å². The fourth-order valence-electron chi connectivity index (χ4n) is 4.93. The molecule has 0 atom stereocenters. The molecule has 0 radical (unpaired) electrons. The Morgan fingerprint density at radius 3 is 1.34 bits per heavy atom. The van der Waals surface area contributed by atoms with Crippen LogP contribution in [0.15, 0.2) is 82.5 Å². The number of fused-ring (bicyclic) bond motifs is 2. The lowest BCUT2D eigenvalue weighted by molar-refractivity contribution is -0.121. The van der Waals surface area contributed by atoms with Gasteiger partial charge in [-0.05, 0) is 36.1 Å². The minimum Gasteiger partial charge on any atom is -0.268 e. The molecule has 4 amide bonds. The second-order valence-corrected chi connectivity index (χ2v) is 9.67. The van der Waals surface area contributed by atoms with E-state index >= 15 is 0 Å². The number of carbonyl (C=O) groups is 4. The van der Waals surface area contributed by atoms with Crippen molar-refractivity contribution >= 4 is 69.7 Å². The molecule has 2 aromatic rings. The van der Waals surface area contributed by atoms with Crippen molar-refractivity contribution in [2.24, 2.45) is 0 Å². The number of imide groups is 2. The van der Waals surface area contributed by atoms with E-state index in [9.17, 15) is 19.2 Å². The average molecular weight is 541 g/mol. The molecular formula is C26H16N6O4S2. The average Bonchev–Trinajstić information content (AvgIpc) is 3.33. The van der Waals surface area contributed by atoms with Crippen molar-refractivity contribution in [3.8, 4) is 0 Å². The summed E-state index contributed by atoms with van der Waals surface area (Å²) in [5.41, 5.74) is 2.04. The van der Waals surface area contributed by atoms with E-state index in [0.717, 1.165) is 9.80 Å². The molecule has 4 aliphatic rings. The van der Waals surface area contributed by atoms with Gasteiger partial charge in [0.15, 0.2) is 0 Å². The molecule has 0 unspecified atom stereocenters. The lowest BCUT2D eigenvalue weighted by atomic mass is 9.84. The van der Waals surface area contributed by atoms with E-state index in [1.54, 1.807) is 24.3 Å². The molecule has 0 saturated carbocycles. The lowest BCUT2D eigenvalue weighted by Gasteiger charge is -2.19. The summed E-state index contributed by atoms with van der Waals surface area (Å²) in [5.74, 6) is -2.13. The molecule has 4 heterocycles. The normalized spacial score (nSPS) is 19.4. The molecule has 0 N–H and O–H groups in total. The van der Waals surface area contributed by atoms with Crippen molar-refractivity contribution < 1.29 is 19.2 Å². The van der Waals surface area contributed by atoms with Crippen molar-refractivity contribution in [1.29, 1.82) is 0 Å². The third kappa shape index (κ3) is 3.60. The topological polar surface area (TPSA) is 126 Å². The van der Waals surface area contributed by atoms with Gasteiger partial charge in [0.25, 0.3) is 23.6 Å². The Bertz CT molecular complexity index is 1500. The first-order valence-corrected chi connectivity index (χ1v) is 12.5. The molecule has 0 aromatic carbocycles. The van der Waals surface area contributed by atoms with Crippen molar-refractivity contribution in [2.45, 2.75) is 25.7 Å². The number of allylic oxidation sites excluding steroid dienone is 4. The molecule has 38 heavy (non-hydrogen) atoms. The van der Waals surface area contributed by atoms with E-state index in [2.05, 4.69) is 19.9 Å². The minimum atomic E-state index is -0.548. The van der Waals surface area contributed by atoms with Gasteiger partial charge in [0.05, 0.1) is 11.1 Å². The van der Waals surface area contributed by atoms with Gasteiger partial charge in [0.2, 0.25) is 11.9 Å². The first-order valence-electron chi connectivity index (χ1n) is 11.6. The summed E-state index contributed by atoms with van der Waals surface area (Å²) < 4.78 is 0. The van der Waals surface area contributed by atoms with Crippen molar-refractivity contribution in [1.82, 2.24) is 19.9 Å². The van der Waals surface area contributed by atoms with Gasteiger partial charge in [-0.25, -0.2) is 29.7 Å². The highest BCUT2D eigenvalue weighted by molar-refractivity contribution is 7.81. The Hall–Kier alpha value is -4.42. The number of hydrogen-bond acceptors (Lipinski definition) is 10. The van der Waals surface area contributed by atoms with Crippen LogP contribution < -0.4 is 9.80 Å². The summed E-state index contributed by atoms with van der Waals surface area (Å²) in [6.07, 6.45) is 10.3. The quantitative estimate of drug-likeness (QED) is 0.412. The minimum absolute atomic E-state index is 0.0120. The number of rotatable bonds is 5. The highest BCUT2D eigenvalue weighted by Crippen LogP contribution is 2.40. The third-order valence-corrected chi connectivity index (χ3v) is 7.45. The summed E-state index contributed by atoms with van der Waals surface area (Å²) in [4.78, 5) is 72.2. The predicted molar refractivity (Wildman–Crippen MR) is 143 cm³/mol. The Balaban J connectivity index is 1.37. The van der Waals surface area contributed by atoms with Crippen LogP contribution in [-0.4, -0.2) is 53.3 Å². The van der Waals surface area contributed by atoms with E-state index in [1.165, 1.54) is 24.8 Å². The van der Waals surface area contributed by atoms with Crippen molar-refractivity contribution in [3.63, 3.8) is 0 Å². The Morgan fingerprint density at radius 1 is 0.605 bits per heavy atom. The van der Waals surface area contributed by atoms with Gasteiger partial charge in [-0.1, -0.05) is 36.6 Å². The summed E-state index contributed by atoms with van der Waals surface area (Å²) in [6, 6.07) is 3.18. The van der Waals surface area contributed by atoms with Gasteiger partial charge >= 0.3 is 0 Å². The summed E-state index contributed by atoms with van der Waals surface area (Å²) in [6.45, 7) is 0. The molecule has 186 valence electrons. The van der Waals surface area contributed by atoms with Crippen LogP contribution in [0.5, 0.6) is 0 Å². The maximum Gasteiger partial charge on any atom is 0.268 e. The molecule has 6 rings (SSSR count). The molecule has 0 bridgehead atoms. The molecular weight excluding hydrogens is 524 g/mol. The fourth-order valence-corrected chi connectivity index (χ4v) is 5.50. The zero-order chi connectivity index (χ0) is 26.6. The maximum absolute atomic E-state index is 13.4. The largest absolute Gasteiger partial charge is 0.268 e. The molecule has 12 heteroatoms. The van der Waals surface area contributed by atoms with Crippen LogP contribution in [0.4, 0.5) is 11.9 Å². The highest BCUT2D eigenvalue weighted by atomic mass is 32.1. The van der Waals surface area contributed by atoms with Gasteiger partial charge in [-0.2, -0.15) is 0 Å². The molecule has 2 aliphatic carbocycles. The Labute approximate surface area is 226 Å². The van der Waals surface area contributed by atoms with Gasteiger partial charge in [-0.15, -0.1) is 0 Å². The zero-order valence-corrected chi connectivity index (χ0v) is 21.2. The van der Waals surface area contributed by atoms with Crippen molar-refractivity contribution in [2.75, 3.05) is 9.80 Å². The van der Waals surface area contributed by atoms with E-state index in [0.29, 0.717) is 33.7 Å². The van der Waals surface area contributed by atoms with Crippen LogP contribution in [0, 0.1) is 0 Å². The SMILES string of the molecule is O=C1C2=CCC(=S)C(CCC3=C4C(=O)N(c5ncccn5)C(=O)C4=CCC3=S)=C2C(=O)N1c1ncccn1. The second kappa shape index (κ2) is 9.15. The number of nitrogens with zero attached hydrogens (tertiary/aromatic N) is 6. The number of amides is 4. The van der Waals surface area contributed by atoms with Crippen LogP contribution in [-0.2, 0) is 19.2 Å². The molecule has 2 aromatic heterocycles. The zero-order valence-electron chi connectivity index (χ0n) is 19.6. The summed E-state index contributed by atoms with van der Waals surface area (Å²) in [7, 11) is 0. The van der Waals surface area contributed by atoms with Gasteiger partial charge in [0.1, 0.15) is 0 Å². The molecule has 2 fully saturated rings. The standard InChI is InChI=1S/C26H16N6O4S2/c33-21-15-5-7-17(37)13(19(15)23(35)31(21)25-27-9-1-10-28-25)3-4-14-18(38)8-6-16-20(14)24(36)32(22(16)34)26-29-11-2-12-30-26/h1-2,5-6,9-12H,3-4,7-8H2. The monoisotopic (exact) mass is 540 g/mol. The predicted octanol–water partition coefficient (Wildman–Crippen LogP) is 2.49. The number of anilines is 2. The molecule has 10 nitrogen and oxygen atoms in total. The van der Waals surface area contributed by atoms with Crippen LogP contribution >= 0.6 is 24.4 Å². The van der Waals surface area contributed by atoms with Crippen LogP contribution in [0.3, 0.4) is 0 Å². The van der Waals surface area contributed by atoms with Gasteiger partial charge in [0, 0.05) is 58.5 Å². The number of thiocarbonyl (C=S) groups is 2. The first-order chi connectivity index (χ1) is 18.4. The maximum atomic E-state index is 13.4. The lowest BCUT2D eigenvalue weighted by Crippen LogP contribution is -2.31. The molecule has 2 aliphatic heterocycles. The fraction of sp³-hybridized carbons (Fsp3) is 0.154. The first kappa shape index (κ1) is 23.9. The third-order valence-electron chi connectivity index (χ3n) is 6.63. The van der Waals surface area contributed by atoms with E-state index < -0.39 is 23.6 Å². The number of hydrogen-bond donors (Lipinski definition) is 0. The van der Waals surface area contributed by atoms with Gasteiger partial charge in [-0.3, -0.25) is 19.2 Å². The van der Waals surface area contributed by atoms with Gasteiger partial charge < -0.3 is 0 Å². The molecule has 2 saturated heterocycles. The van der Waals surface area contributed by atoms with E-state index in [1.807, 2.05) is 0 Å². The van der Waals surface area contributed by atoms with E-state index in [4.69, 9.17) is 24.4 Å².